The number of rotatable bonds is 2. The Hall–Kier alpha value is -0.950. The van der Waals surface area contributed by atoms with Crippen LogP contribution in [0.3, 0.4) is 0 Å². The fraction of sp³-hybridized carbons (Fsp3) is 0.846. The predicted molar refractivity (Wildman–Crippen MR) is 72.2 cm³/mol. The summed E-state index contributed by atoms with van der Waals surface area (Å²) in [5.74, 6) is 2.25. The summed E-state index contributed by atoms with van der Waals surface area (Å²) in [5, 5.41) is 11.5. The Bertz CT molecular complexity index is 652. The minimum Gasteiger partial charge on any atom is -0.261 e. The first-order valence-electron chi connectivity index (χ1n) is 7.24. The van der Waals surface area contributed by atoms with Crippen molar-refractivity contribution in [3.05, 3.63) is 5.82 Å². The van der Waals surface area contributed by atoms with Gasteiger partial charge >= 0.3 is 0 Å². The fourth-order valence-electron chi connectivity index (χ4n) is 5.61. The largest absolute Gasteiger partial charge is 0.282 e. The zero-order chi connectivity index (χ0) is 14.2. The van der Waals surface area contributed by atoms with Gasteiger partial charge in [-0.3, -0.25) is 5.10 Å². The van der Waals surface area contributed by atoms with E-state index in [4.69, 9.17) is 5.14 Å². The van der Waals surface area contributed by atoms with Crippen molar-refractivity contribution in [2.24, 2.45) is 22.4 Å². The number of hydrogen-bond acceptors (Lipinski definition) is 4. The van der Waals surface area contributed by atoms with Crippen LogP contribution in [0.4, 0.5) is 0 Å². The highest BCUT2D eigenvalue weighted by molar-refractivity contribution is 7.89. The third kappa shape index (κ3) is 1.75. The van der Waals surface area contributed by atoms with E-state index < -0.39 is 10.0 Å². The molecule has 110 valence electrons. The van der Waals surface area contributed by atoms with E-state index in [1.54, 1.807) is 0 Å². The van der Waals surface area contributed by atoms with Gasteiger partial charge in [-0.15, -0.1) is 5.10 Å². The van der Waals surface area contributed by atoms with E-state index in [9.17, 15) is 8.42 Å². The Morgan fingerprint density at radius 2 is 1.90 bits per heavy atom. The zero-order valence-electron chi connectivity index (χ0n) is 11.6. The van der Waals surface area contributed by atoms with E-state index in [1.165, 1.54) is 19.3 Å². The van der Waals surface area contributed by atoms with Crippen LogP contribution in [0, 0.1) is 17.3 Å². The molecule has 0 spiro atoms. The molecule has 4 aliphatic rings. The lowest BCUT2D eigenvalue weighted by atomic mass is 9.44. The molecule has 2 unspecified atom stereocenters. The molecule has 0 radical (unpaired) electrons. The van der Waals surface area contributed by atoms with Gasteiger partial charge in [-0.1, -0.05) is 6.92 Å². The molecule has 3 N–H and O–H groups in total. The molecular formula is C13H20N4O2S. The van der Waals surface area contributed by atoms with Crippen molar-refractivity contribution in [2.45, 2.75) is 56.0 Å². The van der Waals surface area contributed by atoms with Gasteiger partial charge in [-0.2, -0.15) is 0 Å². The van der Waals surface area contributed by atoms with Crippen molar-refractivity contribution < 1.29 is 8.42 Å². The average molecular weight is 296 g/mol. The van der Waals surface area contributed by atoms with E-state index in [0.717, 1.165) is 36.9 Å². The molecule has 0 amide bonds. The highest BCUT2D eigenvalue weighted by Gasteiger charge is 2.57. The van der Waals surface area contributed by atoms with Crippen LogP contribution in [0.5, 0.6) is 0 Å². The molecule has 2 atom stereocenters. The number of nitrogens with two attached hydrogens (primary N) is 1. The monoisotopic (exact) mass is 296 g/mol. The quantitative estimate of drug-likeness (QED) is 0.859. The Morgan fingerprint density at radius 3 is 2.40 bits per heavy atom. The Kier molecular flexibility index (Phi) is 2.31. The lowest BCUT2D eigenvalue weighted by Gasteiger charge is -2.60. The van der Waals surface area contributed by atoms with Crippen LogP contribution in [-0.4, -0.2) is 23.6 Å². The maximum atomic E-state index is 11.4. The molecule has 4 aliphatic carbocycles. The molecule has 4 saturated carbocycles. The minimum absolute atomic E-state index is 0.00519. The summed E-state index contributed by atoms with van der Waals surface area (Å²) in [6, 6.07) is 0. The van der Waals surface area contributed by atoms with Crippen LogP contribution in [0.1, 0.15) is 51.3 Å². The van der Waals surface area contributed by atoms with Crippen molar-refractivity contribution in [3.8, 4) is 0 Å². The molecule has 1 heterocycles. The van der Waals surface area contributed by atoms with Gasteiger partial charge in [0, 0.05) is 5.41 Å². The molecule has 20 heavy (non-hydrogen) atoms. The summed E-state index contributed by atoms with van der Waals surface area (Å²) < 4.78 is 22.7. The lowest BCUT2D eigenvalue weighted by Crippen LogP contribution is -2.53. The van der Waals surface area contributed by atoms with E-state index in [-0.39, 0.29) is 10.6 Å². The third-order valence-corrected chi connectivity index (χ3v) is 6.27. The molecular weight excluding hydrogens is 276 g/mol. The second-order valence-electron chi connectivity index (χ2n) is 7.56. The Morgan fingerprint density at radius 1 is 1.25 bits per heavy atom. The van der Waals surface area contributed by atoms with Crippen molar-refractivity contribution >= 4 is 10.0 Å². The first-order chi connectivity index (χ1) is 9.28. The number of nitrogens with zero attached hydrogens (tertiary/aromatic N) is 2. The van der Waals surface area contributed by atoms with Crippen LogP contribution < -0.4 is 5.14 Å². The third-order valence-electron chi connectivity index (χ3n) is 5.58. The van der Waals surface area contributed by atoms with Gasteiger partial charge in [0.2, 0.25) is 0 Å². The zero-order valence-corrected chi connectivity index (χ0v) is 12.4. The van der Waals surface area contributed by atoms with Crippen LogP contribution in [0.2, 0.25) is 0 Å². The number of primary sulfonamides is 1. The first-order valence-corrected chi connectivity index (χ1v) is 8.78. The van der Waals surface area contributed by atoms with Crippen molar-refractivity contribution in [1.29, 1.82) is 0 Å². The maximum absolute atomic E-state index is 11.4. The minimum atomic E-state index is -3.82. The molecule has 6 nitrogen and oxygen atoms in total. The number of aromatic amines is 1. The van der Waals surface area contributed by atoms with Crippen LogP contribution in [0.15, 0.2) is 5.16 Å². The molecule has 1 aromatic heterocycles. The number of hydrogen-bond donors (Lipinski definition) is 2. The second kappa shape index (κ2) is 3.62. The van der Waals surface area contributed by atoms with Crippen molar-refractivity contribution in [3.63, 3.8) is 0 Å². The maximum Gasteiger partial charge on any atom is 0.282 e. The topological polar surface area (TPSA) is 102 Å². The van der Waals surface area contributed by atoms with Gasteiger partial charge in [0.1, 0.15) is 5.82 Å². The fourth-order valence-corrected chi connectivity index (χ4v) is 6.00. The van der Waals surface area contributed by atoms with E-state index in [0.29, 0.717) is 5.41 Å². The van der Waals surface area contributed by atoms with Crippen molar-refractivity contribution in [2.75, 3.05) is 0 Å². The average Bonchev–Trinajstić information content (AvgIpc) is 2.73. The highest BCUT2D eigenvalue weighted by Crippen LogP contribution is 2.65. The van der Waals surface area contributed by atoms with Crippen molar-refractivity contribution in [1.82, 2.24) is 15.2 Å². The van der Waals surface area contributed by atoms with Gasteiger partial charge in [0.15, 0.2) is 0 Å². The van der Waals surface area contributed by atoms with E-state index in [2.05, 4.69) is 22.1 Å². The molecule has 0 saturated heterocycles. The highest BCUT2D eigenvalue weighted by atomic mass is 32.2. The Labute approximate surface area is 118 Å². The standard InChI is InChI=1S/C13H20N4O2S/c1-12-3-8-2-9(4-12)6-13(5-8,7-12)10-15-11(17-16-10)20(14,18)19/h8-9H,2-7H2,1H3,(H2,14,18,19)(H,15,16,17). The first kappa shape index (κ1) is 12.8. The summed E-state index contributed by atoms with van der Waals surface area (Å²) in [5.41, 5.74) is 0.382. The lowest BCUT2D eigenvalue weighted by molar-refractivity contribution is -0.0647. The number of nitrogens with one attached hydrogen (secondary N) is 1. The molecule has 4 fully saturated rings. The second-order valence-corrected chi connectivity index (χ2v) is 9.02. The summed E-state index contributed by atoms with van der Waals surface area (Å²) in [6.07, 6.45) is 7.25. The summed E-state index contributed by atoms with van der Waals surface area (Å²) >= 11 is 0. The van der Waals surface area contributed by atoms with Gasteiger partial charge in [-0.25, -0.2) is 18.5 Å². The van der Waals surface area contributed by atoms with Crippen LogP contribution in [-0.2, 0) is 15.4 Å². The molecule has 5 rings (SSSR count). The normalized spacial score (nSPS) is 43.1. The SMILES string of the molecule is CC12CC3CC(C1)CC(c1nc(S(N)(=O)=O)n[nH]1)(C3)C2. The number of aromatic nitrogens is 3. The van der Waals surface area contributed by atoms with Gasteiger partial charge in [-0.05, 0) is 55.8 Å². The molecule has 4 bridgehead atoms. The number of H-pyrrole nitrogens is 1. The molecule has 0 aliphatic heterocycles. The van der Waals surface area contributed by atoms with Gasteiger partial charge in [0.25, 0.3) is 15.2 Å². The summed E-state index contributed by atoms with van der Waals surface area (Å²) in [7, 11) is -3.82. The summed E-state index contributed by atoms with van der Waals surface area (Å²) in [4.78, 5) is 4.22. The van der Waals surface area contributed by atoms with Gasteiger partial charge in [0.05, 0.1) is 0 Å². The number of sulfonamides is 1. The molecule has 1 aromatic rings. The predicted octanol–water partition coefficient (Wildman–Crippen LogP) is 1.31. The van der Waals surface area contributed by atoms with Crippen LogP contribution >= 0.6 is 0 Å². The smallest absolute Gasteiger partial charge is 0.261 e. The van der Waals surface area contributed by atoms with E-state index in [1.807, 2.05) is 0 Å². The Balaban J connectivity index is 1.76. The molecule has 0 aromatic carbocycles. The van der Waals surface area contributed by atoms with Crippen LogP contribution in [0.25, 0.3) is 0 Å². The van der Waals surface area contributed by atoms with E-state index >= 15 is 0 Å². The summed E-state index contributed by atoms with van der Waals surface area (Å²) in [6.45, 7) is 2.37. The molecule has 7 heteroatoms. The van der Waals surface area contributed by atoms with Gasteiger partial charge < -0.3 is 0 Å².